The van der Waals surface area contributed by atoms with E-state index >= 15 is 0 Å². The maximum atomic E-state index is 12.3. The SMILES string of the molecule is Cc1ccc(S(=O)(=O)Nc2c(C)cc(Br)cc2C)s1. The lowest BCUT2D eigenvalue weighted by molar-refractivity contribution is 0.603. The molecule has 1 heterocycles. The molecule has 19 heavy (non-hydrogen) atoms. The first-order valence-corrected chi connectivity index (χ1v) is 8.75. The van der Waals surface area contributed by atoms with Crippen molar-refractivity contribution in [1.29, 1.82) is 0 Å². The predicted octanol–water partition coefficient (Wildman–Crippen LogP) is 4.24. The zero-order valence-electron chi connectivity index (χ0n) is 10.8. The summed E-state index contributed by atoms with van der Waals surface area (Å²) in [6, 6.07) is 7.22. The lowest BCUT2D eigenvalue weighted by atomic mass is 10.1. The molecule has 0 radical (unpaired) electrons. The van der Waals surface area contributed by atoms with Gasteiger partial charge in [-0.2, -0.15) is 0 Å². The number of aryl methyl sites for hydroxylation is 3. The highest BCUT2D eigenvalue weighted by atomic mass is 79.9. The minimum Gasteiger partial charge on any atom is -0.278 e. The topological polar surface area (TPSA) is 46.2 Å². The van der Waals surface area contributed by atoms with Gasteiger partial charge in [-0.3, -0.25) is 4.72 Å². The summed E-state index contributed by atoms with van der Waals surface area (Å²) in [7, 11) is -3.50. The standard InChI is InChI=1S/C13H14BrNO2S2/c1-8-6-11(14)7-9(2)13(8)15-19(16,17)12-5-4-10(3)18-12/h4-7,15H,1-3H3. The van der Waals surface area contributed by atoms with Gasteiger partial charge >= 0.3 is 0 Å². The molecule has 3 nitrogen and oxygen atoms in total. The molecular formula is C13H14BrNO2S2. The van der Waals surface area contributed by atoms with Crippen LogP contribution in [0.2, 0.25) is 0 Å². The molecule has 0 atom stereocenters. The van der Waals surface area contributed by atoms with Crippen LogP contribution in [0.15, 0.2) is 32.9 Å². The zero-order chi connectivity index (χ0) is 14.2. The van der Waals surface area contributed by atoms with Crippen molar-refractivity contribution >= 4 is 43.0 Å². The van der Waals surface area contributed by atoms with Gasteiger partial charge in [0.2, 0.25) is 0 Å². The molecule has 0 aliphatic heterocycles. The Bertz CT molecular complexity index is 697. The van der Waals surface area contributed by atoms with Crippen LogP contribution < -0.4 is 4.72 Å². The molecule has 0 saturated carbocycles. The highest BCUT2D eigenvalue weighted by molar-refractivity contribution is 9.10. The van der Waals surface area contributed by atoms with Crippen LogP contribution in [0.3, 0.4) is 0 Å². The molecular weight excluding hydrogens is 346 g/mol. The summed E-state index contributed by atoms with van der Waals surface area (Å²) in [6.45, 7) is 5.66. The Labute approximate surface area is 125 Å². The van der Waals surface area contributed by atoms with Crippen LogP contribution in [0.4, 0.5) is 5.69 Å². The van der Waals surface area contributed by atoms with Crippen molar-refractivity contribution in [3.05, 3.63) is 44.7 Å². The minimum absolute atomic E-state index is 0.340. The fourth-order valence-corrected chi connectivity index (χ4v) is 4.99. The third-order valence-corrected chi connectivity index (χ3v) is 6.01. The number of sulfonamides is 1. The maximum Gasteiger partial charge on any atom is 0.271 e. The number of benzene rings is 1. The highest BCUT2D eigenvalue weighted by Crippen LogP contribution is 2.29. The Morgan fingerprint density at radius 1 is 1.11 bits per heavy atom. The van der Waals surface area contributed by atoms with Gasteiger partial charge in [-0.25, -0.2) is 8.42 Å². The van der Waals surface area contributed by atoms with Crippen molar-refractivity contribution in [2.75, 3.05) is 4.72 Å². The smallest absolute Gasteiger partial charge is 0.271 e. The molecule has 1 aromatic carbocycles. The molecule has 1 N–H and O–H groups in total. The maximum absolute atomic E-state index is 12.3. The van der Waals surface area contributed by atoms with Crippen molar-refractivity contribution in [3.63, 3.8) is 0 Å². The molecule has 0 saturated heterocycles. The molecule has 0 amide bonds. The Hall–Kier alpha value is -0.850. The average Bonchev–Trinajstić information content (AvgIpc) is 2.71. The Morgan fingerprint density at radius 3 is 2.16 bits per heavy atom. The molecule has 6 heteroatoms. The number of nitrogens with one attached hydrogen (secondary N) is 1. The second-order valence-electron chi connectivity index (χ2n) is 4.39. The van der Waals surface area contributed by atoms with Crippen LogP contribution in [-0.4, -0.2) is 8.42 Å². The van der Waals surface area contributed by atoms with Gasteiger partial charge < -0.3 is 0 Å². The van der Waals surface area contributed by atoms with Crippen molar-refractivity contribution in [2.24, 2.45) is 0 Å². The van der Waals surface area contributed by atoms with Crippen LogP contribution in [0, 0.1) is 20.8 Å². The molecule has 0 bridgehead atoms. The number of rotatable bonds is 3. The van der Waals surface area contributed by atoms with Gasteiger partial charge in [0.05, 0.1) is 5.69 Å². The van der Waals surface area contributed by atoms with Crippen molar-refractivity contribution in [2.45, 2.75) is 25.0 Å². The molecule has 1 aromatic heterocycles. The normalized spacial score (nSPS) is 11.6. The fourth-order valence-electron chi connectivity index (χ4n) is 1.81. The van der Waals surface area contributed by atoms with Gasteiger partial charge in [0, 0.05) is 9.35 Å². The first-order chi connectivity index (χ1) is 8.79. The average molecular weight is 360 g/mol. The monoisotopic (exact) mass is 359 g/mol. The second kappa shape index (κ2) is 5.26. The van der Waals surface area contributed by atoms with Gasteiger partial charge in [-0.05, 0) is 56.2 Å². The van der Waals surface area contributed by atoms with Crippen molar-refractivity contribution < 1.29 is 8.42 Å². The predicted molar refractivity (Wildman–Crippen MR) is 83.5 cm³/mol. The first kappa shape index (κ1) is 14.6. The van der Waals surface area contributed by atoms with Crippen LogP contribution in [-0.2, 0) is 10.0 Å². The van der Waals surface area contributed by atoms with Gasteiger partial charge in [-0.15, -0.1) is 11.3 Å². The Morgan fingerprint density at radius 2 is 1.68 bits per heavy atom. The minimum atomic E-state index is -3.50. The summed E-state index contributed by atoms with van der Waals surface area (Å²) in [5.74, 6) is 0. The van der Waals surface area contributed by atoms with E-state index < -0.39 is 10.0 Å². The molecule has 0 aliphatic rings. The van der Waals surface area contributed by atoms with Gasteiger partial charge in [0.15, 0.2) is 0 Å². The van der Waals surface area contributed by atoms with Gasteiger partial charge in [0.1, 0.15) is 4.21 Å². The molecule has 2 rings (SSSR count). The van der Waals surface area contributed by atoms with Gasteiger partial charge in [0.25, 0.3) is 10.0 Å². The fraction of sp³-hybridized carbons (Fsp3) is 0.231. The van der Waals surface area contributed by atoms with E-state index in [0.29, 0.717) is 9.90 Å². The summed E-state index contributed by atoms with van der Waals surface area (Å²) in [6.07, 6.45) is 0. The highest BCUT2D eigenvalue weighted by Gasteiger charge is 2.18. The van der Waals surface area contributed by atoms with Crippen molar-refractivity contribution in [3.8, 4) is 0 Å². The summed E-state index contributed by atoms with van der Waals surface area (Å²) in [5.41, 5.74) is 2.43. The van der Waals surface area contributed by atoms with Crippen LogP contribution in [0.1, 0.15) is 16.0 Å². The van der Waals surface area contributed by atoms with Crippen LogP contribution >= 0.6 is 27.3 Å². The molecule has 2 aromatic rings. The van der Waals surface area contributed by atoms with E-state index in [9.17, 15) is 8.42 Å². The quantitative estimate of drug-likeness (QED) is 0.890. The number of halogens is 1. The Balaban J connectivity index is 2.41. The van der Waals surface area contributed by atoms with E-state index in [1.165, 1.54) is 11.3 Å². The number of hydrogen-bond acceptors (Lipinski definition) is 3. The summed E-state index contributed by atoms with van der Waals surface area (Å²) >= 11 is 4.67. The van der Waals surface area contributed by atoms with Crippen LogP contribution in [0.25, 0.3) is 0 Å². The number of hydrogen-bond donors (Lipinski definition) is 1. The number of anilines is 1. The van der Waals surface area contributed by atoms with Gasteiger partial charge in [-0.1, -0.05) is 15.9 Å². The molecule has 0 unspecified atom stereocenters. The summed E-state index contributed by atoms with van der Waals surface area (Å²) in [5, 5.41) is 0. The largest absolute Gasteiger partial charge is 0.278 e. The van der Waals surface area contributed by atoms with E-state index in [2.05, 4.69) is 20.7 Å². The second-order valence-corrected chi connectivity index (χ2v) is 8.50. The van der Waals surface area contributed by atoms with Crippen LogP contribution in [0.5, 0.6) is 0 Å². The Kier molecular flexibility index (Phi) is 4.03. The molecule has 0 spiro atoms. The molecule has 102 valence electrons. The lowest BCUT2D eigenvalue weighted by Gasteiger charge is -2.13. The van der Waals surface area contributed by atoms with E-state index in [1.807, 2.05) is 32.9 Å². The summed E-state index contributed by atoms with van der Waals surface area (Å²) in [4.78, 5) is 0.977. The first-order valence-electron chi connectivity index (χ1n) is 5.65. The molecule has 0 aliphatic carbocycles. The number of thiophene rings is 1. The molecule has 0 fully saturated rings. The van der Waals surface area contributed by atoms with Crippen molar-refractivity contribution in [1.82, 2.24) is 0 Å². The van der Waals surface area contributed by atoms with E-state index in [-0.39, 0.29) is 0 Å². The van der Waals surface area contributed by atoms with E-state index in [1.54, 1.807) is 12.1 Å². The lowest BCUT2D eigenvalue weighted by Crippen LogP contribution is -2.13. The third-order valence-electron chi connectivity index (χ3n) is 2.71. The third kappa shape index (κ3) is 3.19. The van der Waals surface area contributed by atoms with E-state index in [4.69, 9.17) is 0 Å². The summed E-state index contributed by atoms with van der Waals surface area (Å²) < 4.78 is 28.5. The zero-order valence-corrected chi connectivity index (χ0v) is 14.0. The van der Waals surface area contributed by atoms with E-state index in [0.717, 1.165) is 20.5 Å².